The van der Waals surface area contributed by atoms with Crippen LogP contribution < -0.4 is 10.9 Å². The highest BCUT2D eigenvalue weighted by Crippen LogP contribution is 2.31. The molecule has 0 aliphatic rings. The Balaban J connectivity index is 1.71. The average molecular weight is 564 g/mol. The van der Waals surface area contributed by atoms with Crippen molar-refractivity contribution < 1.29 is 13.6 Å². The molecule has 4 rings (SSSR count). The smallest absolute Gasteiger partial charge is 0.267 e. The van der Waals surface area contributed by atoms with E-state index in [0.29, 0.717) is 25.5 Å². The van der Waals surface area contributed by atoms with Crippen molar-refractivity contribution in [3.63, 3.8) is 0 Å². The first-order valence-electron chi connectivity index (χ1n) is 10.5. The van der Waals surface area contributed by atoms with Gasteiger partial charge in [0.25, 0.3) is 5.56 Å². The highest BCUT2D eigenvalue weighted by atomic mass is 79.9. The van der Waals surface area contributed by atoms with Gasteiger partial charge in [-0.1, -0.05) is 41.0 Å². The van der Waals surface area contributed by atoms with E-state index in [1.165, 1.54) is 52.3 Å². The summed E-state index contributed by atoms with van der Waals surface area (Å²) in [4.78, 5) is 32.5. The number of carbonyl (C=O) groups excluding carboxylic acids is 1. The Bertz CT molecular complexity index is 1440. The quantitative estimate of drug-likeness (QED) is 0.206. The number of halogens is 3. The lowest BCUT2D eigenvalue weighted by Crippen LogP contribution is -2.23. The molecule has 0 atom stereocenters. The van der Waals surface area contributed by atoms with Crippen molar-refractivity contribution >= 4 is 60.8 Å². The second-order valence-corrected chi connectivity index (χ2v) is 10.5. The molecule has 0 radical (unpaired) electrons. The van der Waals surface area contributed by atoms with E-state index in [-0.39, 0.29) is 17.0 Å². The number of thiophene rings is 1. The number of rotatable bonds is 7. The zero-order valence-corrected chi connectivity index (χ0v) is 21.5. The van der Waals surface area contributed by atoms with Crippen LogP contribution in [0, 0.1) is 18.6 Å². The van der Waals surface area contributed by atoms with Crippen LogP contribution in [0.3, 0.4) is 0 Å². The first-order valence-corrected chi connectivity index (χ1v) is 13.1. The molecule has 0 bridgehead atoms. The van der Waals surface area contributed by atoms with Gasteiger partial charge in [-0.2, -0.15) is 0 Å². The molecular formula is C24H20BrF2N3O2S2. The summed E-state index contributed by atoms with van der Waals surface area (Å²) in [5.41, 5.74) is 1.14. The van der Waals surface area contributed by atoms with Crippen LogP contribution in [0.1, 0.15) is 23.8 Å². The van der Waals surface area contributed by atoms with Crippen molar-refractivity contribution in [2.45, 2.75) is 31.8 Å². The molecule has 2 heterocycles. The van der Waals surface area contributed by atoms with E-state index in [1.807, 2.05) is 6.92 Å². The second-order valence-electron chi connectivity index (χ2n) is 7.55. The topological polar surface area (TPSA) is 64.0 Å². The molecule has 1 amide bonds. The Hall–Kier alpha value is -2.56. The first kappa shape index (κ1) is 24.6. The van der Waals surface area contributed by atoms with E-state index in [0.717, 1.165) is 35.0 Å². The molecule has 0 spiro atoms. The molecule has 4 aromatic rings. The lowest BCUT2D eigenvalue weighted by atomic mass is 10.1. The molecule has 176 valence electrons. The number of thioether (sulfide) groups is 1. The Labute approximate surface area is 211 Å². The number of anilines is 1. The van der Waals surface area contributed by atoms with E-state index in [1.54, 1.807) is 6.07 Å². The van der Waals surface area contributed by atoms with Crippen molar-refractivity contribution in [3.8, 4) is 5.69 Å². The number of aryl methyl sites for hydroxylation is 2. The molecule has 1 N–H and O–H groups in total. The number of nitrogens with zero attached hydrogens (tertiary/aromatic N) is 2. The van der Waals surface area contributed by atoms with Crippen LogP contribution in [0.25, 0.3) is 15.9 Å². The van der Waals surface area contributed by atoms with Crippen LogP contribution in [-0.4, -0.2) is 21.2 Å². The van der Waals surface area contributed by atoms with Gasteiger partial charge in [0.15, 0.2) is 5.16 Å². The molecule has 0 saturated carbocycles. The summed E-state index contributed by atoms with van der Waals surface area (Å²) in [7, 11) is 0. The van der Waals surface area contributed by atoms with E-state index in [9.17, 15) is 18.4 Å². The maximum Gasteiger partial charge on any atom is 0.267 e. The van der Waals surface area contributed by atoms with Gasteiger partial charge in [-0.3, -0.25) is 14.2 Å². The predicted molar refractivity (Wildman–Crippen MR) is 137 cm³/mol. The highest BCUT2D eigenvalue weighted by molar-refractivity contribution is 9.10. The monoisotopic (exact) mass is 563 g/mol. The minimum absolute atomic E-state index is 0.0613. The van der Waals surface area contributed by atoms with Crippen molar-refractivity contribution in [2.75, 3.05) is 11.1 Å². The Kier molecular flexibility index (Phi) is 7.49. The minimum Gasteiger partial charge on any atom is -0.323 e. The molecule has 0 saturated heterocycles. The maximum atomic E-state index is 14.1. The van der Waals surface area contributed by atoms with Crippen LogP contribution in [0.15, 0.2) is 56.9 Å². The number of amides is 1. The fraction of sp³-hybridized carbons (Fsp3) is 0.208. The van der Waals surface area contributed by atoms with Gasteiger partial charge in [0, 0.05) is 9.35 Å². The van der Waals surface area contributed by atoms with Crippen LogP contribution in [0.5, 0.6) is 0 Å². The summed E-state index contributed by atoms with van der Waals surface area (Å²) in [5, 5.41) is 3.37. The molecule has 0 aliphatic heterocycles. The van der Waals surface area contributed by atoms with Crippen molar-refractivity contribution in [1.29, 1.82) is 0 Å². The third-order valence-corrected chi connectivity index (χ3v) is 7.81. The summed E-state index contributed by atoms with van der Waals surface area (Å²) in [6.07, 6.45) is 1.78. The molecule has 5 nitrogen and oxygen atoms in total. The molecule has 0 aliphatic carbocycles. The average Bonchev–Trinajstić information content (AvgIpc) is 3.11. The second kappa shape index (κ2) is 10.4. The van der Waals surface area contributed by atoms with Crippen molar-refractivity contribution in [3.05, 3.63) is 79.4 Å². The van der Waals surface area contributed by atoms with Gasteiger partial charge in [-0.05, 0) is 61.4 Å². The fourth-order valence-electron chi connectivity index (χ4n) is 3.50. The van der Waals surface area contributed by atoms with Gasteiger partial charge in [-0.25, -0.2) is 13.8 Å². The Morgan fingerprint density at radius 1 is 1.21 bits per heavy atom. The number of fused-ring (bicyclic) bond motifs is 1. The third-order valence-electron chi connectivity index (χ3n) is 5.13. The minimum atomic E-state index is -0.562. The molecule has 0 fully saturated rings. The van der Waals surface area contributed by atoms with E-state index >= 15 is 0 Å². The Morgan fingerprint density at radius 3 is 2.62 bits per heavy atom. The summed E-state index contributed by atoms with van der Waals surface area (Å²) < 4.78 is 29.6. The lowest BCUT2D eigenvalue weighted by molar-refractivity contribution is -0.113. The van der Waals surface area contributed by atoms with Crippen molar-refractivity contribution in [2.24, 2.45) is 0 Å². The van der Waals surface area contributed by atoms with E-state index in [4.69, 9.17) is 4.98 Å². The lowest BCUT2D eigenvalue weighted by Gasteiger charge is -2.12. The number of aromatic nitrogens is 2. The first-order chi connectivity index (χ1) is 16.3. The van der Waals surface area contributed by atoms with Crippen LogP contribution in [0.4, 0.5) is 14.5 Å². The molecule has 2 aromatic heterocycles. The van der Waals surface area contributed by atoms with Crippen LogP contribution >= 0.6 is 39.0 Å². The van der Waals surface area contributed by atoms with Crippen LogP contribution in [-0.2, 0) is 11.2 Å². The fourth-order valence-corrected chi connectivity index (χ4v) is 5.96. The number of benzene rings is 2. The normalized spacial score (nSPS) is 11.2. The molecule has 0 unspecified atom stereocenters. The van der Waals surface area contributed by atoms with E-state index in [2.05, 4.69) is 28.2 Å². The van der Waals surface area contributed by atoms with Gasteiger partial charge in [0.2, 0.25) is 5.91 Å². The zero-order valence-electron chi connectivity index (χ0n) is 18.3. The summed E-state index contributed by atoms with van der Waals surface area (Å²) in [6.45, 7) is 3.98. The summed E-state index contributed by atoms with van der Waals surface area (Å²) in [6, 6.07) is 9.89. The van der Waals surface area contributed by atoms with E-state index < -0.39 is 17.5 Å². The Morgan fingerprint density at radius 2 is 1.94 bits per heavy atom. The SMILES string of the molecule is CCCc1sc2nc(SCC(=O)Nc3ccc(Br)cc3F)n(-c3ccc(F)cc3)c(=O)c2c1C. The summed E-state index contributed by atoms with van der Waals surface area (Å²) >= 11 is 5.71. The van der Waals surface area contributed by atoms with Crippen molar-refractivity contribution in [1.82, 2.24) is 9.55 Å². The zero-order chi connectivity index (χ0) is 24.4. The largest absolute Gasteiger partial charge is 0.323 e. The number of carbonyl (C=O) groups is 1. The number of hydrogen-bond donors (Lipinski definition) is 1. The molecule has 34 heavy (non-hydrogen) atoms. The maximum absolute atomic E-state index is 14.1. The van der Waals surface area contributed by atoms with Crippen LogP contribution in [0.2, 0.25) is 0 Å². The highest BCUT2D eigenvalue weighted by Gasteiger charge is 2.20. The van der Waals surface area contributed by atoms with Gasteiger partial charge in [0.05, 0.1) is 22.5 Å². The van der Waals surface area contributed by atoms with Gasteiger partial charge < -0.3 is 5.32 Å². The van der Waals surface area contributed by atoms with Gasteiger partial charge in [-0.15, -0.1) is 11.3 Å². The molecule has 10 heteroatoms. The summed E-state index contributed by atoms with van der Waals surface area (Å²) in [5.74, 6) is -1.53. The number of hydrogen-bond acceptors (Lipinski definition) is 5. The standard InChI is InChI=1S/C24H20BrF2N3O2S2/c1-3-4-19-13(2)21-22(34-19)29-24(30(23(21)32)16-8-6-15(26)7-9-16)33-12-20(31)28-18-10-5-14(25)11-17(18)27/h5-11H,3-4,12H2,1-2H3,(H,28,31). The van der Waals surface area contributed by atoms with Gasteiger partial charge in [0.1, 0.15) is 16.5 Å². The molecular weight excluding hydrogens is 544 g/mol. The molecule has 2 aromatic carbocycles. The number of nitrogens with one attached hydrogen (secondary N) is 1. The van der Waals surface area contributed by atoms with Gasteiger partial charge >= 0.3 is 0 Å². The predicted octanol–water partition coefficient (Wildman–Crippen LogP) is 6.48. The third kappa shape index (κ3) is 5.08.